The Morgan fingerprint density at radius 1 is 0.833 bits per heavy atom. The molecule has 0 aliphatic carbocycles. The van der Waals surface area contributed by atoms with E-state index in [1.54, 1.807) is 23.5 Å². The summed E-state index contributed by atoms with van der Waals surface area (Å²) in [6, 6.07) is 0. The van der Waals surface area contributed by atoms with Crippen LogP contribution in [-0.2, 0) is 9.53 Å². The van der Waals surface area contributed by atoms with Gasteiger partial charge in [-0.3, -0.25) is 4.79 Å². The largest absolute Gasteiger partial charge is 0.463 e. The molecule has 7 heteroatoms. The van der Waals surface area contributed by atoms with E-state index in [4.69, 9.17) is 4.74 Å². The fourth-order valence-electron chi connectivity index (χ4n) is 3.60. The van der Waals surface area contributed by atoms with Gasteiger partial charge in [0.25, 0.3) is 0 Å². The first kappa shape index (κ1) is 28.1. The minimum absolute atomic E-state index is 0.129. The van der Waals surface area contributed by atoms with Crippen LogP contribution >= 0.6 is 23.5 Å². The van der Waals surface area contributed by atoms with Gasteiger partial charge in [0.2, 0.25) is 0 Å². The molecule has 30 heavy (non-hydrogen) atoms. The highest BCUT2D eigenvalue weighted by atomic mass is 32.2. The summed E-state index contributed by atoms with van der Waals surface area (Å²) in [5.74, 6) is 1.52. The van der Waals surface area contributed by atoms with Gasteiger partial charge in [0.15, 0.2) is 0 Å². The van der Waals surface area contributed by atoms with Crippen molar-refractivity contribution in [1.29, 1.82) is 0 Å². The van der Waals surface area contributed by atoms with Crippen LogP contribution in [0.15, 0.2) is 0 Å². The number of aliphatic hydroxyl groups excluding tert-OH is 3. The van der Waals surface area contributed by atoms with Gasteiger partial charge in [0.1, 0.15) is 24.9 Å². The molecule has 0 aromatic carbocycles. The molecule has 1 fully saturated rings. The van der Waals surface area contributed by atoms with Crippen molar-refractivity contribution in [3.63, 3.8) is 0 Å². The lowest BCUT2D eigenvalue weighted by atomic mass is 10.0. The van der Waals surface area contributed by atoms with Crippen LogP contribution in [0.25, 0.3) is 0 Å². The van der Waals surface area contributed by atoms with Crippen molar-refractivity contribution < 1.29 is 24.9 Å². The van der Waals surface area contributed by atoms with E-state index in [9.17, 15) is 20.1 Å². The Morgan fingerprint density at radius 2 is 1.30 bits per heavy atom. The van der Waals surface area contributed by atoms with Crippen molar-refractivity contribution in [3.05, 3.63) is 0 Å². The molecule has 0 aromatic heterocycles. The molecule has 3 N–H and O–H groups in total. The normalized spacial score (nSPS) is 17.7. The monoisotopic (exact) mass is 464 g/mol. The number of rotatable bonds is 19. The molecular formula is C23H44O5S2. The number of unbranched alkanes of at least 4 members (excludes halogenated alkanes) is 12. The molecule has 0 aromatic rings. The summed E-state index contributed by atoms with van der Waals surface area (Å²) in [7, 11) is 0. The molecule has 1 aliphatic heterocycles. The van der Waals surface area contributed by atoms with E-state index >= 15 is 0 Å². The van der Waals surface area contributed by atoms with Gasteiger partial charge in [0, 0.05) is 17.9 Å². The minimum Gasteiger partial charge on any atom is -0.463 e. The Kier molecular flexibility index (Phi) is 17.4. The predicted molar refractivity (Wildman–Crippen MR) is 128 cm³/mol. The number of thioether (sulfide) groups is 2. The SMILES string of the molecule is CCCCCCCCCCCCCCCC(=O)OC[C@@H](O)[C@@H](O)[C@H](O)C1SCCS1. The average Bonchev–Trinajstić information content (AvgIpc) is 3.29. The molecular weight excluding hydrogens is 420 g/mol. The number of hydrogen-bond acceptors (Lipinski definition) is 7. The molecule has 0 radical (unpaired) electrons. The van der Waals surface area contributed by atoms with E-state index in [2.05, 4.69) is 6.92 Å². The van der Waals surface area contributed by atoms with Crippen LogP contribution in [0.5, 0.6) is 0 Å². The first-order chi connectivity index (χ1) is 14.6. The van der Waals surface area contributed by atoms with Gasteiger partial charge in [-0.15, -0.1) is 23.5 Å². The summed E-state index contributed by atoms with van der Waals surface area (Å²) in [4.78, 5) is 11.8. The summed E-state index contributed by atoms with van der Waals surface area (Å²) in [5.41, 5.74) is 0. The lowest BCUT2D eigenvalue weighted by Gasteiger charge is -2.25. The van der Waals surface area contributed by atoms with E-state index < -0.39 is 18.3 Å². The van der Waals surface area contributed by atoms with E-state index in [0.717, 1.165) is 30.8 Å². The summed E-state index contributed by atoms with van der Waals surface area (Å²) in [6.45, 7) is 1.99. The standard InChI is InChI=1S/C23H44O5S2/c1-2-3-4-5-6-7-8-9-10-11-12-13-14-15-20(25)28-18-19(24)21(26)22(27)23-29-16-17-30-23/h19,21-24,26-27H,2-18H2,1H3/t19-,21-,22+/m1/s1. The fraction of sp³-hybridized carbons (Fsp3) is 0.957. The van der Waals surface area contributed by atoms with Crippen LogP contribution in [0.1, 0.15) is 96.8 Å². The van der Waals surface area contributed by atoms with Gasteiger partial charge in [-0.1, -0.05) is 84.0 Å². The van der Waals surface area contributed by atoms with Crippen LogP contribution < -0.4 is 0 Å². The molecule has 3 atom stereocenters. The van der Waals surface area contributed by atoms with Crippen molar-refractivity contribution in [2.45, 2.75) is 120 Å². The van der Waals surface area contributed by atoms with Gasteiger partial charge >= 0.3 is 5.97 Å². The van der Waals surface area contributed by atoms with Crippen LogP contribution in [0.4, 0.5) is 0 Å². The fourth-order valence-corrected chi connectivity index (χ4v) is 6.51. The summed E-state index contributed by atoms with van der Waals surface area (Å²) in [6.07, 6.45) is 13.1. The number of carbonyl (C=O) groups excluding carboxylic acids is 1. The van der Waals surface area contributed by atoms with E-state index in [1.807, 2.05) is 0 Å². The van der Waals surface area contributed by atoms with Crippen molar-refractivity contribution in [1.82, 2.24) is 0 Å². The highest BCUT2D eigenvalue weighted by molar-refractivity contribution is 8.20. The second-order valence-corrected chi connectivity index (χ2v) is 11.1. The second kappa shape index (κ2) is 18.6. The molecule has 0 amide bonds. The Bertz CT molecular complexity index is 418. The number of ether oxygens (including phenoxy) is 1. The van der Waals surface area contributed by atoms with Crippen LogP contribution in [0.3, 0.4) is 0 Å². The molecule has 0 spiro atoms. The topological polar surface area (TPSA) is 87.0 Å². The molecule has 0 saturated carbocycles. The van der Waals surface area contributed by atoms with Gasteiger partial charge in [0.05, 0.1) is 4.58 Å². The molecule has 1 heterocycles. The number of carbonyl (C=O) groups is 1. The van der Waals surface area contributed by atoms with Crippen molar-refractivity contribution in [2.24, 2.45) is 0 Å². The van der Waals surface area contributed by atoms with Gasteiger partial charge in [-0.2, -0.15) is 0 Å². The first-order valence-electron chi connectivity index (χ1n) is 12.0. The first-order valence-corrected chi connectivity index (χ1v) is 14.1. The molecule has 5 nitrogen and oxygen atoms in total. The lowest BCUT2D eigenvalue weighted by Crippen LogP contribution is -2.44. The van der Waals surface area contributed by atoms with Gasteiger partial charge in [-0.05, 0) is 6.42 Å². The smallest absolute Gasteiger partial charge is 0.305 e. The zero-order chi connectivity index (χ0) is 22.0. The predicted octanol–water partition coefficient (Wildman–Crippen LogP) is 4.90. The lowest BCUT2D eigenvalue weighted by molar-refractivity contribution is -0.151. The Labute approximate surface area is 192 Å². The Balaban J connectivity index is 1.91. The third-order valence-electron chi connectivity index (χ3n) is 5.57. The van der Waals surface area contributed by atoms with Crippen LogP contribution in [0.2, 0.25) is 0 Å². The highest BCUT2D eigenvalue weighted by Crippen LogP contribution is 2.35. The third-order valence-corrected chi connectivity index (χ3v) is 8.74. The van der Waals surface area contributed by atoms with E-state index in [0.29, 0.717) is 6.42 Å². The van der Waals surface area contributed by atoms with E-state index in [-0.39, 0.29) is 17.2 Å². The summed E-state index contributed by atoms with van der Waals surface area (Å²) < 4.78 is 4.94. The number of aliphatic hydroxyl groups is 3. The maximum absolute atomic E-state index is 11.8. The molecule has 0 unspecified atom stereocenters. The summed E-state index contributed by atoms with van der Waals surface area (Å²) in [5, 5.41) is 30.1. The molecule has 1 rings (SSSR count). The Hall–Kier alpha value is 0.0500. The van der Waals surface area contributed by atoms with Crippen LogP contribution in [-0.4, -0.2) is 62.3 Å². The minimum atomic E-state index is -1.29. The van der Waals surface area contributed by atoms with Gasteiger partial charge in [-0.25, -0.2) is 0 Å². The van der Waals surface area contributed by atoms with Crippen molar-refractivity contribution in [3.8, 4) is 0 Å². The van der Waals surface area contributed by atoms with Crippen LogP contribution in [0, 0.1) is 0 Å². The third kappa shape index (κ3) is 13.5. The molecule has 1 saturated heterocycles. The average molecular weight is 465 g/mol. The summed E-state index contributed by atoms with van der Waals surface area (Å²) >= 11 is 3.16. The molecule has 178 valence electrons. The maximum atomic E-state index is 11.8. The zero-order valence-corrected chi connectivity index (χ0v) is 20.4. The molecule has 0 bridgehead atoms. The highest BCUT2D eigenvalue weighted by Gasteiger charge is 2.34. The number of hydrogen-bond donors (Lipinski definition) is 3. The quantitative estimate of drug-likeness (QED) is 0.185. The number of esters is 1. The Morgan fingerprint density at radius 3 is 1.80 bits per heavy atom. The maximum Gasteiger partial charge on any atom is 0.305 e. The second-order valence-electron chi connectivity index (χ2n) is 8.33. The zero-order valence-electron chi connectivity index (χ0n) is 18.8. The van der Waals surface area contributed by atoms with Gasteiger partial charge < -0.3 is 20.1 Å². The van der Waals surface area contributed by atoms with E-state index in [1.165, 1.54) is 64.2 Å². The van der Waals surface area contributed by atoms with Crippen molar-refractivity contribution >= 4 is 29.5 Å². The van der Waals surface area contributed by atoms with Crippen molar-refractivity contribution in [2.75, 3.05) is 18.1 Å². The molecule has 1 aliphatic rings.